The van der Waals surface area contributed by atoms with Gasteiger partial charge in [-0.1, -0.05) is 47.3 Å². The van der Waals surface area contributed by atoms with Gasteiger partial charge in [0.2, 0.25) is 0 Å². The summed E-state index contributed by atoms with van der Waals surface area (Å²) in [6.07, 6.45) is 0.943. The van der Waals surface area contributed by atoms with E-state index in [0.717, 1.165) is 32.9 Å². The van der Waals surface area contributed by atoms with Crippen LogP contribution in [0.2, 0.25) is 5.02 Å². The van der Waals surface area contributed by atoms with E-state index in [-0.39, 0.29) is 10.1 Å². The Morgan fingerprint density at radius 1 is 1.17 bits per heavy atom. The van der Waals surface area contributed by atoms with Crippen molar-refractivity contribution in [2.75, 3.05) is 25.4 Å². The normalized spacial score (nSPS) is 14.9. The lowest BCUT2D eigenvalue weighted by Gasteiger charge is -2.38. The first-order valence-corrected chi connectivity index (χ1v) is 14.5. The van der Waals surface area contributed by atoms with Crippen molar-refractivity contribution in [3.05, 3.63) is 78.6 Å². The number of rotatable bonds is 9. The minimum Gasteiger partial charge on any atom is -0.477 e. The Morgan fingerprint density at radius 2 is 2.00 bits per heavy atom. The highest BCUT2D eigenvalue weighted by molar-refractivity contribution is 8.13. The van der Waals surface area contributed by atoms with Crippen molar-refractivity contribution in [3.8, 4) is 11.8 Å². The predicted molar refractivity (Wildman–Crippen MR) is 147 cm³/mol. The van der Waals surface area contributed by atoms with Gasteiger partial charge in [0.05, 0.1) is 11.1 Å². The standard InChI is InChI=1S/C26H25ClN2O4S3/c27-22-16-24(25(31)32)36-23(22)7-10-29-26(33)35-13-11-28(29)9-6-21(30)15-20-3-1-2-18(14-20)4-5-19-8-12-34-17-19/h1-3,8,12,14,16-17,21,30H,6-7,9-11,13,15H2,(H,31,32). The third-order valence-corrected chi connectivity index (χ3v) is 8.80. The van der Waals surface area contributed by atoms with Gasteiger partial charge in [0.1, 0.15) is 4.88 Å². The molecular weight excluding hydrogens is 536 g/mol. The fourth-order valence-corrected chi connectivity index (χ4v) is 6.52. The molecule has 0 aliphatic carbocycles. The zero-order valence-corrected chi connectivity index (χ0v) is 22.6. The summed E-state index contributed by atoms with van der Waals surface area (Å²) >= 11 is 10.2. The monoisotopic (exact) mass is 560 g/mol. The van der Waals surface area contributed by atoms with Crippen LogP contribution in [0, 0.1) is 11.8 Å². The zero-order chi connectivity index (χ0) is 25.5. The number of hydrazine groups is 1. The third kappa shape index (κ3) is 7.35. The van der Waals surface area contributed by atoms with E-state index in [1.54, 1.807) is 16.3 Å². The van der Waals surface area contributed by atoms with Gasteiger partial charge in [-0.15, -0.1) is 11.3 Å². The first-order valence-electron chi connectivity index (χ1n) is 11.4. The Bertz CT molecular complexity index is 1270. The quantitative estimate of drug-likeness (QED) is 0.337. The molecule has 188 valence electrons. The Balaban J connectivity index is 1.32. The number of nitrogens with zero attached hydrogens (tertiary/aromatic N) is 2. The highest BCUT2D eigenvalue weighted by Gasteiger charge is 2.27. The maximum absolute atomic E-state index is 12.6. The molecule has 0 spiro atoms. The van der Waals surface area contributed by atoms with Gasteiger partial charge < -0.3 is 10.2 Å². The zero-order valence-electron chi connectivity index (χ0n) is 19.4. The van der Waals surface area contributed by atoms with Gasteiger partial charge in [-0.2, -0.15) is 11.3 Å². The van der Waals surface area contributed by atoms with Crippen LogP contribution in [0.1, 0.15) is 37.7 Å². The Kier molecular flexibility index (Phi) is 9.48. The van der Waals surface area contributed by atoms with E-state index in [1.807, 2.05) is 46.1 Å². The third-order valence-electron chi connectivity index (χ3n) is 5.64. The number of aliphatic hydroxyl groups is 1. The van der Waals surface area contributed by atoms with Gasteiger partial charge in [0.25, 0.3) is 5.24 Å². The maximum Gasteiger partial charge on any atom is 0.345 e. The molecule has 6 nitrogen and oxygen atoms in total. The molecule has 1 aliphatic heterocycles. The molecule has 4 rings (SSSR count). The fourth-order valence-electron chi connectivity index (χ4n) is 3.83. The van der Waals surface area contributed by atoms with Crippen molar-refractivity contribution in [2.45, 2.75) is 25.4 Å². The molecule has 1 amide bonds. The van der Waals surface area contributed by atoms with Crippen LogP contribution in [0.5, 0.6) is 0 Å². The van der Waals surface area contributed by atoms with Gasteiger partial charge >= 0.3 is 5.97 Å². The molecule has 1 unspecified atom stereocenters. The number of benzene rings is 1. The SMILES string of the molecule is O=C(O)c1cc(Cl)c(CCN2C(=O)SCCN2CCC(O)Cc2cccc(C#Cc3ccsc3)c2)s1. The predicted octanol–water partition coefficient (Wildman–Crippen LogP) is 5.48. The van der Waals surface area contributed by atoms with Crippen LogP contribution in [-0.2, 0) is 12.8 Å². The number of carboxylic acid groups (broad SMARTS) is 1. The lowest BCUT2D eigenvalue weighted by atomic mass is 10.0. The minimum absolute atomic E-state index is 0.0428. The van der Waals surface area contributed by atoms with E-state index in [9.17, 15) is 19.8 Å². The van der Waals surface area contributed by atoms with Crippen LogP contribution in [0.25, 0.3) is 0 Å². The van der Waals surface area contributed by atoms with Crippen molar-refractivity contribution < 1.29 is 19.8 Å². The molecule has 0 radical (unpaired) electrons. The highest BCUT2D eigenvalue weighted by atomic mass is 35.5. The van der Waals surface area contributed by atoms with E-state index < -0.39 is 12.1 Å². The first-order chi connectivity index (χ1) is 17.4. The van der Waals surface area contributed by atoms with Crippen LogP contribution >= 0.6 is 46.0 Å². The molecule has 3 aromatic rings. The molecule has 36 heavy (non-hydrogen) atoms. The van der Waals surface area contributed by atoms with E-state index in [0.29, 0.717) is 49.7 Å². The average molecular weight is 561 g/mol. The molecule has 1 saturated heterocycles. The van der Waals surface area contributed by atoms with Crippen LogP contribution in [0.4, 0.5) is 4.79 Å². The van der Waals surface area contributed by atoms with Gasteiger partial charge in [0.15, 0.2) is 0 Å². The largest absolute Gasteiger partial charge is 0.477 e. The lowest BCUT2D eigenvalue weighted by molar-refractivity contribution is 0.0148. The summed E-state index contributed by atoms with van der Waals surface area (Å²) < 4.78 is 0. The van der Waals surface area contributed by atoms with Crippen molar-refractivity contribution >= 4 is 57.2 Å². The summed E-state index contributed by atoms with van der Waals surface area (Å²) in [5.74, 6) is 6.01. The number of hydrogen-bond donors (Lipinski definition) is 2. The summed E-state index contributed by atoms with van der Waals surface area (Å²) in [6.45, 7) is 1.66. The molecule has 1 aliphatic rings. The van der Waals surface area contributed by atoms with Gasteiger partial charge in [-0.05, 0) is 48.1 Å². The van der Waals surface area contributed by atoms with Gasteiger partial charge in [-0.25, -0.2) is 9.80 Å². The number of halogens is 1. The van der Waals surface area contributed by atoms with Gasteiger partial charge in [-0.3, -0.25) is 9.80 Å². The van der Waals surface area contributed by atoms with Crippen LogP contribution in [0.15, 0.2) is 47.2 Å². The first kappa shape index (κ1) is 26.7. The van der Waals surface area contributed by atoms with E-state index >= 15 is 0 Å². The second kappa shape index (κ2) is 12.8. The minimum atomic E-state index is -1.01. The number of thioether (sulfide) groups is 1. The molecule has 0 saturated carbocycles. The van der Waals surface area contributed by atoms with Gasteiger partial charge in [0, 0.05) is 53.2 Å². The number of carbonyl (C=O) groups excluding carboxylic acids is 1. The maximum atomic E-state index is 12.6. The molecule has 3 heterocycles. The van der Waals surface area contributed by atoms with Crippen LogP contribution in [-0.4, -0.2) is 62.9 Å². The van der Waals surface area contributed by atoms with Crippen molar-refractivity contribution in [2.24, 2.45) is 0 Å². The highest BCUT2D eigenvalue weighted by Crippen LogP contribution is 2.29. The Morgan fingerprint density at radius 3 is 2.75 bits per heavy atom. The van der Waals surface area contributed by atoms with Crippen LogP contribution < -0.4 is 0 Å². The topological polar surface area (TPSA) is 81.1 Å². The Labute approximate surface area is 227 Å². The molecular formula is C26H25ClN2O4S3. The molecule has 2 N–H and O–H groups in total. The van der Waals surface area contributed by atoms with Crippen molar-refractivity contribution in [1.82, 2.24) is 10.0 Å². The summed E-state index contributed by atoms with van der Waals surface area (Å²) in [6, 6.07) is 11.3. The van der Waals surface area contributed by atoms with E-state index in [1.165, 1.54) is 17.8 Å². The van der Waals surface area contributed by atoms with Crippen molar-refractivity contribution in [1.29, 1.82) is 0 Å². The molecule has 0 bridgehead atoms. The summed E-state index contributed by atoms with van der Waals surface area (Å²) in [5.41, 5.74) is 2.92. The number of aromatic carboxylic acids is 1. The number of amides is 1. The molecule has 1 fully saturated rings. The number of aliphatic hydroxyl groups excluding tert-OH is 1. The lowest BCUT2D eigenvalue weighted by Crippen LogP contribution is -2.51. The van der Waals surface area contributed by atoms with Crippen LogP contribution in [0.3, 0.4) is 0 Å². The van der Waals surface area contributed by atoms with Crippen molar-refractivity contribution in [3.63, 3.8) is 0 Å². The molecule has 2 aromatic heterocycles. The number of thiophene rings is 2. The second-order valence-electron chi connectivity index (χ2n) is 8.24. The van der Waals surface area contributed by atoms with E-state index in [2.05, 4.69) is 11.8 Å². The number of carbonyl (C=O) groups is 2. The Hall–Kier alpha value is -2.32. The number of carboxylic acids is 1. The molecule has 10 heteroatoms. The summed E-state index contributed by atoms with van der Waals surface area (Å²) in [5, 5.41) is 27.9. The second-order valence-corrected chi connectivity index (χ2v) is 11.6. The van der Waals surface area contributed by atoms with E-state index in [4.69, 9.17) is 11.6 Å². The molecule has 1 atom stereocenters. The summed E-state index contributed by atoms with van der Waals surface area (Å²) in [7, 11) is 0. The smallest absolute Gasteiger partial charge is 0.345 e. The molecule has 1 aromatic carbocycles. The fraction of sp³-hybridized carbons (Fsp3) is 0.308. The average Bonchev–Trinajstić information content (AvgIpc) is 3.51. The number of hydrogen-bond acceptors (Lipinski definition) is 7. The summed E-state index contributed by atoms with van der Waals surface area (Å²) in [4.78, 5) is 24.7.